The van der Waals surface area contributed by atoms with Crippen LogP contribution in [0.15, 0.2) is 106 Å². The lowest BCUT2D eigenvalue weighted by Crippen LogP contribution is -2.50. The Kier molecular flexibility index (Phi) is 5.84. The van der Waals surface area contributed by atoms with E-state index in [1.165, 1.54) is 4.90 Å². The third-order valence-corrected chi connectivity index (χ3v) is 8.77. The largest absolute Gasteiger partial charge is 0.461 e. The molecule has 43 heavy (non-hydrogen) atoms. The fraction of sp³-hybridized carbons (Fsp3) is 0.194. The Hall–Kier alpha value is -5.01. The van der Waals surface area contributed by atoms with Crippen molar-refractivity contribution in [2.45, 2.75) is 37.6 Å². The Balaban J connectivity index is 1.13. The molecule has 0 spiro atoms. The summed E-state index contributed by atoms with van der Waals surface area (Å²) in [7, 11) is 0. The number of nitrogens with zero attached hydrogens (tertiary/aromatic N) is 1. The van der Waals surface area contributed by atoms with Crippen LogP contribution in [-0.4, -0.2) is 29.0 Å². The van der Waals surface area contributed by atoms with E-state index in [2.05, 4.69) is 18.2 Å². The molecule has 2 amide bonds. The van der Waals surface area contributed by atoms with Crippen molar-refractivity contribution in [3.63, 3.8) is 0 Å². The van der Waals surface area contributed by atoms with E-state index in [1.807, 2.05) is 48.5 Å². The molecule has 0 fully saturated rings. The number of hydrogen-bond donors (Lipinski definition) is 0. The highest BCUT2D eigenvalue weighted by Crippen LogP contribution is 2.50. The monoisotopic (exact) mass is 569 g/mol. The molecule has 7 nitrogen and oxygen atoms in total. The van der Waals surface area contributed by atoms with Gasteiger partial charge in [0.05, 0.1) is 11.1 Å². The molecule has 2 atom stereocenters. The maximum Gasteiger partial charge on any atom is 0.346 e. The molecule has 7 heteroatoms. The molecule has 0 saturated heterocycles. The van der Waals surface area contributed by atoms with Crippen molar-refractivity contribution in [3.8, 4) is 17.1 Å². The maximum absolute atomic E-state index is 13.5. The molecule has 1 aromatic heterocycles. The number of amides is 2. The Labute approximate surface area is 247 Å². The van der Waals surface area contributed by atoms with E-state index in [0.717, 1.165) is 27.5 Å². The van der Waals surface area contributed by atoms with Gasteiger partial charge in [-0.15, -0.1) is 0 Å². The molecule has 3 aliphatic rings. The van der Waals surface area contributed by atoms with Crippen LogP contribution in [-0.2, 0) is 11.2 Å². The summed E-state index contributed by atoms with van der Waals surface area (Å²) in [6.45, 7) is 0.309. The van der Waals surface area contributed by atoms with Gasteiger partial charge in [-0.25, -0.2) is 4.79 Å². The van der Waals surface area contributed by atoms with Gasteiger partial charge in [0, 0.05) is 31.0 Å². The smallest absolute Gasteiger partial charge is 0.346 e. The van der Waals surface area contributed by atoms with Gasteiger partial charge in [0.15, 0.2) is 0 Å². The van der Waals surface area contributed by atoms with Crippen molar-refractivity contribution < 1.29 is 23.5 Å². The van der Waals surface area contributed by atoms with Crippen LogP contribution in [0.5, 0.6) is 5.75 Å². The Bertz CT molecular complexity index is 1960. The summed E-state index contributed by atoms with van der Waals surface area (Å²) in [5.41, 5.74) is 3.58. The molecule has 0 N–H and O–H groups in total. The number of carbonyl (C=O) groups excluding carboxylic acids is 2. The second-order valence-electron chi connectivity index (χ2n) is 11.3. The first-order chi connectivity index (χ1) is 21.0. The molecule has 4 aromatic carbocycles. The van der Waals surface area contributed by atoms with Crippen LogP contribution in [0.3, 0.4) is 0 Å². The molecule has 0 aliphatic carbocycles. The number of benzene rings is 4. The van der Waals surface area contributed by atoms with Crippen molar-refractivity contribution in [2.24, 2.45) is 0 Å². The summed E-state index contributed by atoms with van der Waals surface area (Å²) in [6.07, 6.45) is 1.59. The topological polar surface area (TPSA) is 86.0 Å². The van der Waals surface area contributed by atoms with Gasteiger partial charge >= 0.3 is 5.63 Å². The first-order valence-corrected chi connectivity index (χ1v) is 14.6. The second-order valence-corrected chi connectivity index (χ2v) is 11.3. The highest BCUT2D eigenvalue weighted by atomic mass is 16.7. The Morgan fingerprint density at radius 1 is 0.791 bits per heavy atom. The van der Waals surface area contributed by atoms with Gasteiger partial charge in [-0.1, -0.05) is 78.9 Å². The fourth-order valence-electron chi connectivity index (χ4n) is 6.71. The van der Waals surface area contributed by atoms with Gasteiger partial charge in [0.1, 0.15) is 23.2 Å². The lowest BCUT2D eigenvalue weighted by Gasteiger charge is -2.46. The third kappa shape index (κ3) is 4.11. The molecule has 0 saturated carbocycles. The van der Waals surface area contributed by atoms with Crippen molar-refractivity contribution in [1.82, 2.24) is 4.90 Å². The van der Waals surface area contributed by atoms with E-state index >= 15 is 0 Å². The minimum atomic E-state index is -1.03. The molecule has 0 radical (unpaired) electrons. The standard InChI is InChI=1S/C36H27NO6/c38-33-26-14-6-7-15-27(26)34(39)37(33)19-9-8-18-36-21-28-24-13-5-4-10-22(24)16-17-25(28)32(43-36)31-30(42-36)20-29(41-35(31)40)23-11-2-1-3-12-23/h1-7,10-17,20,32H,8-9,18-19,21H2/t32-,36+/m0/s1. The van der Waals surface area contributed by atoms with Crippen LogP contribution < -0.4 is 10.4 Å². The summed E-state index contributed by atoms with van der Waals surface area (Å²) >= 11 is 0. The van der Waals surface area contributed by atoms with Crippen molar-refractivity contribution in [2.75, 3.05) is 6.54 Å². The van der Waals surface area contributed by atoms with Gasteiger partial charge in [0.25, 0.3) is 11.8 Å². The molecule has 2 bridgehead atoms. The van der Waals surface area contributed by atoms with E-state index < -0.39 is 17.5 Å². The number of unbranched alkanes of at least 4 members (excludes halogenated alkanes) is 1. The average Bonchev–Trinajstić information content (AvgIpc) is 3.28. The minimum absolute atomic E-state index is 0.254. The summed E-state index contributed by atoms with van der Waals surface area (Å²) in [4.78, 5) is 40.6. The zero-order valence-electron chi connectivity index (χ0n) is 23.2. The van der Waals surface area contributed by atoms with E-state index in [4.69, 9.17) is 13.9 Å². The summed E-state index contributed by atoms with van der Waals surface area (Å²) in [6, 6.07) is 30.5. The number of carbonyl (C=O) groups is 2. The highest BCUT2D eigenvalue weighted by Gasteiger charge is 2.49. The molecule has 212 valence electrons. The van der Waals surface area contributed by atoms with Gasteiger partial charge in [-0.2, -0.15) is 0 Å². The van der Waals surface area contributed by atoms with Gasteiger partial charge in [-0.05, 0) is 46.9 Å². The first-order valence-electron chi connectivity index (χ1n) is 14.6. The van der Waals surface area contributed by atoms with Gasteiger partial charge < -0.3 is 13.9 Å². The molecular formula is C36H27NO6. The minimum Gasteiger partial charge on any atom is -0.461 e. The lowest BCUT2D eigenvalue weighted by molar-refractivity contribution is -0.233. The third-order valence-electron chi connectivity index (χ3n) is 8.77. The summed E-state index contributed by atoms with van der Waals surface area (Å²) < 4.78 is 19.2. The second kappa shape index (κ2) is 9.78. The molecular weight excluding hydrogens is 542 g/mol. The average molecular weight is 570 g/mol. The van der Waals surface area contributed by atoms with Crippen LogP contribution >= 0.6 is 0 Å². The van der Waals surface area contributed by atoms with E-state index in [1.54, 1.807) is 30.3 Å². The zero-order valence-corrected chi connectivity index (χ0v) is 23.2. The van der Waals surface area contributed by atoms with Gasteiger partial charge in [-0.3, -0.25) is 14.5 Å². The first kappa shape index (κ1) is 25.7. The van der Waals surface area contributed by atoms with E-state index in [0.29, 0.717) is 60.4 Å². The quantitative estimate of drug-likeness (QED) is 0.168. The Morgan fingerprint density at radius 2 is 1.51 bits per heavy atom. The lowest BCUT2D eigenvalue weighted by atomic mass is 9.83. The number of fused-ring (bicyclic) bond motifs is 9. The predicted molar refractivity (Wildman–Crippen MR) is 160 cm³/mol. The van der Waals surface area contributed by atoms with Crippen molar-refractivity contribution in [3.05, 3.63) is 135 Å². The normalized spacial score (nSPS) is 20.0. The number of ether oxygens (including phenoxy) is 2. The number of rotatable bonds is 6. The van der Waals surface area contributed by atoms with Crippen molar-refractivity contribution in [1.29, 1.82) is 0 Å². The summed E-state index contributed by atoms with van der Waals surface area (Å²) in [5.74, 6) is -0.639. The Morgan fingerprint density at radius 3 is 2.30 bits per heavy atom. The number of imide groups is 1. The van der Waals surface area contributed by atoms with Crippen LogP contribution in [0.4, 0.5) is 0 Å². The molecule has 4 heterocycles. The SMILES string of the molecule is O=C1c2ccccc2C(=O)N1CCCC[C@]12Cc3c(ccc4ccccc34)[C@H](O1)c1c(cc(-c3ccccc3)oc1=O)O2. The highest BCUT2D eigenvalue weighted by molar-refractivity contribution is 6.21. The van der Waals surface area contributed by atoms with E-state index in [-0.39, 0.29) is 11.8 Å². The maximum atomic E-state index is 13.5. The van der Waals surface area contributed by atoms with Crippen LogP contribution in [0.25, 0.3) is 22.1 Å². The molecule has 3 aliphatic heterocycles. The van der Waals surface area contributed by atoms with Crippen LogP contribution in [0.1, 0.15) is 62.8 Å². The fourth-order valence-corrected chi connectivity index (χ4v) is 6.71. The van der Waals surface area contributed by atoms with Crippen LogP contribution in [0.2, 0.25) is 0 Å². The van der Waals surface area contributed by atoms with E-state index in [9.17, 15) is 14.4 Å². The molecule has 8 rings (SSSR count). The van der Waals surface area contributed by atoms with Crippen LogP contribution in [0, 0.1) is 0 Å². The summed E-state index contributed by atoms with van der Waals surface area (Å²) in [5, 5.41) is 2.20. The van der Waals surface area contributed by atoms with Crippen molar-refractivity contribution >= 4 is 22.6 Å². The number of hydrogen-bond acceptors (Lipinski definition) is 6. The van der Waals surface area contributed by atoms with Gasteiger partial charge in [0.2, 0.25) is 5.79 Å². The molecule has 0 unspecified atom stereocenters. The molecule has 5 aromatic rings. The predicted octanol–water partition coefficient (Wildman–Crippen LogP) is 6.68. The zero-order chi connectivity index (χ0) is 29.1.